The van der Waals surface area contributed by atoms with Crippen molar-refractivity contribution in [2.45, 2.75) is 52.5 Å². The van der Waals surface area contributed by atoms with Crippen LogP contribution in [0.15, 0.2) is 18.2 Å². The molecule has 1 heterocycles. The van der Waals surface area contributed by atoms with E-state index >= 15 is 0 Å². The summed E-state index contributed by atoms with van der Waals surface area (Å²) in [6.07, 6.45) is 3.49. The summed E-state index contributed by atoms with van der Waals surface area (Å²) in [6, 6.07) is 5.03. The number of aryl methyl sites for hydroxylation is 2. The van der Waals surface area contributed by atoms with Crippen molar-refractivity contribution in [2.75, 3.05) is 5.32 Å². The highest BCUT2D eigenvalue weighted by molar-refractivity contribution is 6.09. The van der Waals surface area contributed by atoms with E-state index in [2.05, 4.69) is 5.32 Å². The Kier molecular flexibility index (Phi) is 4.43. The SMILES string of the molecule is Cc1ccc(C)c(NC(=O)C(C)N2C(=O)C3CCCCC3C2=O)c1. The number of carbonyl (C=O) groups is 3. The number of likely N-dealkylation sites (tertiary alicyclic amines) is 1. The third-order valence-electron chi connectivity index (χ3n) is 5.29. The molecule has 2 fully saturated rings. The zero-order valence-corrected chi connectivity index (χ0v) is 14.5. The molecule has 3 unspecified atom stereocenters. The average Bonchev–Trinajstić information content (AvgIpc) is 2.82. The molecule has 3 rings (SSSR count). The zero-order chi connectivity index (χ0) is 17.4. The first-order chi connectivity index (χ1) is 11.4. The molecule has 3 atom stereocenters. The molecule has 3 amide bonds. The molecule has 0 bridgehead atoms. The van der Waals surface area contributed by atoms with E-state index in [0.29, 0.717) is 0 Å². The number of carbonyl (C=O) groups excluding carboxylic acids is 3. The molecule has 24 heavy (non-hydrogen) atoms. The van der Waals surface area contributed by atoms with Crippen molar-refractivity contribution in [3.05, 3.63) is 29.3 Å². The number of nitrogens with one attached hydrogen (secondary N) is 1. The molecule has 0 aromatic heterocycles. The maximum atomic E-state index is 12.6. The molecule has 0 spiro atoms. The second-order valence-electron chi connectivity index (χ2n) is 7.03. The average molecular weight is 328 g/mol. The second kappa shape index (κ2) is 6.38. The molecule has 1 saturated heterocycles. The van der Waals surface area contributed by atoms with Gasteiger partial charge in [-0.05, 0) is 50.8 Å². The first-order valence-electron chi connectivity index (χ1n) is 8.65. The smallest absolute Gasteiger partial charge is 0.247 e. The highest BCUT2D eigenvalue weighted by Crippen LogP contribution is 2.38. The lowest BCUT2D eigenvalue weighted by Crippen LogP contribution is -2.46. The number of hydrogen-bond acceptors (Lipinski definition) is 3. The normalized spacial score (nSPS) is 24.7. The van der Waals surface area contributed by atoms with Gasteiger partial charge < -0.3 is 5.32 Å². The summed E-state index contributed by atoms with van der Waals surface area (Å²) in [4.78, 5) is 39.0. The molecule has 1 aliphatic heterocycles. The van der Waals surface area contributed by atoms with Crippen molar-refractivity contribution in [1.82, 2.24) is 4.90 Å². The van der Waals surface area contributed by atoms with Gasteiger partial charge in [0, 0.05) is 5.69 Å². The molecule has 128 valence electrons. The van der Waals surface area contributed by atoms with Crippen LogP contribution in [0, 0.1) is 25.7 Å². The number of fused-ring (bicyclic) bond motifs is 1. The standard InChI is InChI=1S/C19H24N2O3/c1-11-8-9-12(2)16(10-11)20-17(22)13(3)21-18(23)14-6-4-5-7-15(14)19(21)24/h8-10,13-15H,4-7H2,1-3H3,(H,20,22). The molecule has 1 aromatic rings. The number of hydrogen-bond donors (Lipinski definition) is 1. The molecule has 1 aromatic carbocycles. The Labute approximate surface area is 142 Å². The van der Waals surface area contributed by atoms with E-state index in [0.717, 1.165) is 42.5 Å². The van der Waals surface area contributed by atoms with Crippen molar-refractivity contribution < 1.29 is 14.4 Å². The van der Waals surface area contributed by atoms with Crippen LogP contribution < -0.4 is 5.32 Å². The maximum absolute atomic E-state index is 12.6. The number of rotatable bonds is 3. The fraction of sp³-hybridized carbons (Fsp3) is 0.526. The van der Waals surface area contributed by atoms with Crippen LogP contribution in [-0.2, 0) is 14.4 Å². The summed E-state index contributed by atoms with van der Waals surface area (Å²) in [7, 11) is 0. The lowest BCUT2D eigenvalue weighted by atomic mass is 9.81. The largest absolute Gasteiger partial charge is 0.324 e. The highest BCUT2D eigenvalue weighted by Gasteiger charge is 2.50. The third kappa shape index (κ3) is 2.83. The Morgan fingerprint density at radius 2 is 1.71 bits per heavy atom. The van der Waals surface area contributed by atoms with E-state index < -0.39 is 6.04 Å². The fourth-order valence-corrected chi connectivity index (χ4v) is 3.79. The topological polar surface area (TPSA) is 66.5 Å². The lowest BCUT2D eigenvalue weighted by Gasteiger charge is -2.23. The van der Waals surface area contributed by atoms with E-state index in [1.54, 1.807) is 6.92 Å². The number of imide groups is 1. The van der Waals surface area contributed by atoms with Crippen LogP contribution in [0.1, 0.15) is 43.7 Å². The van der Waals surface area contributed by atoms with Gasteiger partial charge in [-0.2, -0.15) is 0 Å². The van der Waals surface area contributed by atoms with Gasteiger partial charge in [0.1, 0.15) is 6.04 Å². The van der Waals surface area contributed by atoms with Crippen molar-refractivity contribution in [3.63, 3.8) is 0 Å². The minimum atomic E-state index is -0.782. The molecule has 1 aliphatic carbocycles. The van der Waals surface area contributed by atoms with Gasteiger partial charge in [0.2, 0.25) is 17.7 Å². The first-order valence-corrected chi connectivity index (χ1v) is 8.65. The van der Waals surface area contributed by atoms with Crippen molar-refractivity contribution in [2.24, 2.45) is 11.8 Å². The monoisotopic (exact) mass is 328 g/mol. The summed E-state index contributed by atoms with van der Waals surface area (Å²) in [5.41, 5.74) is 2.72. The van der Waals surface area contributed by atoms with Gasteiger partial charge in [0.25, 0.3) is 0 Å². The quantitative estimate of drug-likeness (QED) is 0.868. The van der Waals surface area contributed by atoms with Gasteiger partial charge in [0.05, 0.1) is 11.8 Å². The molecule has 5 nitrogen and oxygen atoms in total. The van der Waals surface area contributed by atoms with E-state index in [9.17, 15) is 14.4 Å². The Hall–Kier alpha value is -2.17. The van der Waals surface area contributed by atoms with Gasteiger partial charge in [0.15, 0.2) is 0 Å². The second-order valence-corrected chi connectivity index (χ2v) is 7.03. The van der Waals surface area contributed by atoms with Crippen LogP contribution in [0.5, 0.6) is 0 Å². The predicted molar refractivity (Wildman–Crippen MR) is 91.3 cm³/mol. The van der Waals surface area contributed by atoms with Gasteiger partial charge >= 0.3 is 0 Å². The molecule has 1 N–H and O–H groups in total. The Balaban J connectivity index is 1.77. The van der Waals surface area contributed by atoms with E-state index in [4.69, 9.17) is 0 Å². The first kappa shape index (κ1) is 16.7. The van der Waals surface area contributed by atoms with E-state index in [1.165, 1.54) is 4.90 Å². The zero-order valence-electron chi connectivity index (χ0n) is 14.5. The van der Waals surface area contributed by atoms with Crippen LogP contribution in [0.2, 0.25) is 0 Å². The van der Waals surface area contributed by atoms with Crippen LogP contribution >= 0.6 is 0 Å². The predicted octanol–water partition coefficient (Wildman–Crippen LogP) is 2.81. The van der Waals surface area contributed by atoms with E-state index in [1.807, 2.05) is 32.0 Å². The van der Waals surface area contributed by atoms with Gasteiger partial charge in [-0.3, -0.25) is 19.3 Å². The Morgan fingerprint density at radius 1 is 1.12 bits per heavy atom. The Bertz CT molecular complexity index is 674. The summed E-state index contributed by atoms with van der Waals surface area (Å²) >= 11 is 0. The van der Waals surface area contributed by atoms with Crippen LogP contribution in [0.3, 0.4) is 0 Å². The molecule has 0 radical (unpaired) electrons. The number of anilines is 1. The molecule has 1 saturated carbocycles. The fourth-order valence-electron chi connectivity index (χ4n) is 3.79. The summed E-state index contributed by atoms with van der Waals surface area (Å²) in [5.74, 6) is -1.10. The summed E-state index contributed by atoms with van der Waals surface area (Å²) < 4.78 is 0. The van der Waals surface area contributed by atoms with E-state index in [-0.39, 0.29) is 29.6 Å². The van der Waals surface area contributed by atoms with Gasteiger partial charge in [-0.15, -0.1) is 0 Å². The molecular weight excluding hydrogens is 304 g/mol. The maximum Gasteiger partial charge on any atom is 0.247 e. The summed E-state index contributed by atoms with van der Waals surface area (Å²) in [6.45, 7) is 5.50. The van der Waals surface area contributed by atoms with Crippen LogP contribution in [0.4, 0.5) is 5.69 Å². The number of nitrogens with zero attached hydrogens (tertiary/aromatic N) is 1. The lowest BCUT2D eigenvalue weighted by molar-refractivity contribution is -0.146. The van der Waals surface area contributed by atoms with Gasteiger partial charge in [-0.25, -0.2) is 0 Å². The van der Waals surface area contributed by atoms with Crippen molar-refractivity contribution in [3.8, 4) is 0 Å². The van der Waals surface area contributed by atoms with Crippen molar-refractivity contribution >= 4 is 23.4 Å². The molecule has 2 aliphatic rings. The van der Waals surface area contributed by atoms with Crippen molar-refractivity contribution in [1.29, 1.82) is 0 Å². The minimum absolute atomic E-state index is 0.173. The van der Waals surface area contributed by atoms with Gasteiger partial charge in [-0.1, -0.05) is 25.0 Å². The molecule has 5 heteroatoms. The Morgan fingerprint density at radius 3 is 2.29 bits per heavy atom. The molecular formula is C19H24N2O3. The van der Waals surface area contributed by atoms with Crippen LogP contribution in [-0.4, -0.2) is 28.7 Å². The minimum Gasteiger partial charge on any atom is -0.324 e. The number of amides is 3. The van der Waals surface area contributed by atoms with Crippen LogP contribution in [0.25, 0.3) is 0 Å². The number of benzene rings is 1. The third-order valence-corrected chi connectivity index (χ3v) is 5.29. The highest BCUT2D eigenvalue weighted by atomic mass is 16.2. The summed E-state index contributed by atoms with van der Waals surface area (Å²) in [5, 5.41) is 2.87.